The number of benzene rings is 1. The molecular formula is C16H17N5O. The van der Waals surface area contributed by atoms with Crippen molar-refractivity contribution in [3.05, 3.63) is 36.7 Å². The monoisotopic (exact) mass is 295 g/mol. The fraction of sp³-hybridized carbons (Fsp3) is 0.250. The third kappa shape index (κ3) is 2.27. The lowest BCUT2D eigenvalue weighted by Crippen LogP contribution is -2.37. The van der Waals surface area contributed by atoms with Crippen molar-refractivity contribution >= 4 is 22.5 Å². The topological polar surface area (TPSA) is 80.1 Å². The molecule has 3 heterocycles. The number of nitrogens with zero attached hydrogens (tertiary/aromatic N) is 3. The number of aromatic nitrogens is 3. The smallest absolute Gasteiger partial charge is 0.157 e. The fourth-order valence-electron chi connectivity index (χ4n) is 2.77. The first-order valence-electron chi connectivity index (χ1n) is 7.34. The molecule has 6 nitrogen and oxygen atoms in total. The Kier molecular flexibility index (Phi) is 3.16. The summed E-state index contributed by atoms with van der Waals surface area (Å²) in [4.78, 5) is 14.7. The number of imidazole rings is 1. The lowest BCUT2D eigenvalue weighted by atomic mass is 10.1. The van der Waals surface area contributed by atoms with Crippen LogP contribution in [0.15, 0.2) is 36.7 Å². The van der Waals surface area contributed by atoms with E-state index in [1.54, 1.807) is 6.33 Å². The van der Waals surface area contributed by atoms with Crippen molar-refractivity contribution in [2.24, 2.45) is 0 Å². The third-order valence-corrected chi connectivity index (χ3v) is 3.88. The van der Waals surface area contributed by atoms with Crippen molar-refractivity contribution < 1.29 is 4.74 Å². The molecule has 3 N–H and O–H groups in total. The van der Waals surface area contributed by atoms with Gasteiger partial charge in [0.15, 0.2) is 5.82 Å². The number of morpholine rings is 1. The molecule has 1 aliphatic heterocycles. The maximum absolute atomic E-state index is 5.89. The summed E-state index contributed by atoms with van der Waals surface area (Å²) in [5, 5.41) is 0. The highest BCUT2D eigenvalue weighted by atomic mass is 16.5. The van der Waals surface area contributed by atoms with Crippen LogP contribution in [0.2, 0.25) is 0 Å². The molecule has 0 aliphatic carbocycles. The SMILES string of the molecule is Nc1cccc(-c2cc3[nH]cnc3c(N3CCOCC3)n2)c1. The summed E-state index contributed by atoms with van der Waals surface area (Å²) >= 11 is 0. The van der Waals surface area contributed by atoms with E-state index in [4.69, 9.17) is 15.5 Å². The molecule has 1 aliphatic rings. The van der Waals surface area contributed by atoms with Gasteiger partial charge in [-0.05, 0) is 18.2 Å². The van der Waals surface area contributed by atoms with Gasteiger partial charge in [0.05, 0.1) is 30.8 Å². The second kappa shape index (κ2) is 5.31. The van der Waals surface area contributed by atoms with Crippen molar-refractivity contribution in [1.82, 2.24) is 15.0 Å². The van der Waals surface area contributed by atoms with Crippen LogP contribution in [0.25, 0.3) is 22.3 Å². The first-order chi connectivity index (χ1) is 10.8. The second-order valence-corrected chi connectivity index (χ2v) is 5.35. The van der Waals surface area contributed by atoms with Gasteiger partial charge in [0.2, 0.25) is 0 Å². The molecule has 1 fully saturated rings. The lowest BCUT2D eigenvalue weighted by molar-refractivity contribution is 0.122. The molecular weight excluding hydrogens is 278 g/mol. The summed E-state index contributed by atoms with van der Waals surface area (Å²) in [6.45, 7) is 3.09. The molecule has 3 aromatic rings. The number of hydrogen-bond acceptors (Lipinski definition) is 5. The van der Waals surface area contributed by atoms with Crippen molar-refractivity contribution in [2.75, 3.05) is 36.9 Å². The molecule has 6 heteroatoms. The second-order valence-electron chi connectivity index (χ2n) is 5.35. The third-order valence-electron chi connectivity index (χ3n) is 3.88. The van der Waals surface area contributed by atoms with E-state index >= 15 is 0 Å². The molecule has 4 rings (SSSR count). The summed E-state index contributed by atoms with van der Waals surface area (Å²) in [5.41, 5.74) is 10.4. The maximum atomic E-state index is 5.89. The Balaban J connectivity index is 1.86. The summed E-state index contributed by atoms with van der Waals surface area (Å²) in [5.74, 6) is 0.902. The van der Waals surface area contributed by atoms with Gasteiger partial charge in [-0.15, -0.1) is 0 Å². The van der Waals surface area contributed by atoms with Gasteiger partial charge in [0.1, 0.15) is 5.52 Å². The minimum atomic E-state index is 0.718. The van der Waals surface area contributed by atoms with Crippen molar-refractivity contribution in [3.63, 3.8) is 0 Å². The number of nitrogen functional groups attached to an aromatic ring is 1. The van der Waals surface area contributed by atoms with Crippen LogP contribution < -0.4 is 10.6 Å². The zero-order chi connectivity index (χ0) is 14.9. The highest BCUT2D eigenvalue weighted by molar-refractivity contribution is 5.89. The molecule has 0 amide bonds. The minimum absolute atomic E-state index is 0.718. The Morgan fingerprint density at radius 2 is 2.05 bits per heavy atom. The van der Waals surface area contributed by atoms with Crippen LogP contribution in [-0.4, -0.2) is 41.3 Å². The molecule has 112 valence electrons. The Morgan fingerprint density at radius 3 is 2.86 bits per heavy atom. The highest BCUT2D eigenvalue weighted by Gasteiger charge is 2.18. The van der Waals surface area contributed by atoms with Crippen LogP contribution in [-0.2, 0) is 4.74 Å². The molecule has 0 atom stereocenters. The summed E-state index contributed by atoms with van der Waals surface area (Å²) in [7, 11) is 0. The van der Waals surface area contributed by atoms with Gasteiger partial charge in [-0.2, -0.15) is 0 Å². The first-order valence-corrected chi connectivity index (χ1v) is 7.34. The predicted molar refractivity (Wildman–Crippen MR) is 86.8 cm³/mol. The average molecular weight is 295 g/mol. The number of nitrogens with two attached hydrogens (primary N) is 1. The Labute approximate surface area is 127 Å². The molecule has 22 heavy (non-hydrogen) atoms. The Hall–Kier alpha value is -2.60. The summed E-state index contributed by atoms with van der Waals surface area (Å²) in [6, 6.07) is 9.79. The van der Waals surface area contributed by atoms with Crippen LogP contribution >= 0.6 is 0 Å². The molecule has 1 saturated heterocycles. The number of hydrogen-bond donors (Lipinski definition) is 2. The average Bonchev–Trinajstić information content (AvgIpc) is 3.03. The lowest BCUT2D eigenvalue weighted by Gasteiger charge is -2.28. The molecule has 2 aromatic heterocycles. The number of nitrogens with one attached hydrogen (secondary N) is 1. The Bertz CT molecular complexity index is 807. The van der Waals surface area contributed by atoms with E-state index in [0.29, 0.717) is 0 Å². The van der Waals surface area contributed by atoms with Crippen LogP contribution in [0.4, 0.5) is 11.5 Å². The zero-order valence-corrected chi connectivity index (χ0v) is 12.1. The van der Waals surface area contributed by atoms with Gasteiger partial charge in [-0.3, -0.25) is 0 Å². The molecule has 0 radical (unpaired) electrons. The van der Waals surface area contributed by atoms with Crippen LogP contribution in [0.5, 0.6) is 0 Å². The van der Waals surface area contributed by atoms with Crippen molar-refractivity contribution in [3.8, 4) is 11.3 Å². The zero-order valence-electron chi connectivity index (χ0n) is 12.1. The van der Waals surface area contributed by atoms with Gasteiger partial charge in [0, 0.05) is 24.3 Å². The predicted octanol–water partition coefficient (Wildman–Crippen LogP) is 2.04. The highest BCUT2D eigenvalue weighted by Crippen LogP contribution is 2.29. The standard InChI is InChI=1S/C16H17N5O/c17-12-3-1-2-11(8-12)13-9-14-15(19-10-18-14)16(20-13)21-4-6-22-7-5-21/h1-3,8-10H,4-7,17H2,(H,18,19). The maximum Gasteiger partial charge on any atom is 0.157 e. The van der Waals surface area contributed by atoms with Crippen molar-refractivity contribution in [2.45, 2.75) is 0 Å². The van der Waals surface area contributed by atoms with E-state index in [1.165, 1.54) is 0 Å². The van der Waals surface area contributed by atoms with Gasteiger partial charge >= 0.3 is 0 Å². The first kappa shape index (κ1) is 13.1. The number of fused-ring (bicyclic) bond motifs is 1. The van der Waals surface area contributed by atoms with Gasteiger partial charge in [0.25, 0.3) is 0 Å². The quantitative estimate of drug-likeness (QED) is 0.707. The number of rotatable bonds is 2. The number of H-pyrrole nitrogens is 1. The van der Waals surface area contributed by atoms with Gasteiger partial charge < -0.3 is 20.4 Å². The van der Waals surface area contributed by atoms with E-state index in [0.717, 1.165) is 60.1 Å². The van der Waals surface area contributed by atoms with Gasteiger partial charge in [-0.1, -0.05) is 12.1 Å². The van der Waals surface area contributed by atoms with E-state index in [1.807, 2.05) is 30.3 Å². The van der Waals surface area contributed by atoms with E-state index < -0.39 is 0 Å². The number of ether oxygens (including phenoxy) is 1. The molecule has 1 aromatic carbocycles. The summed E-state index contributed by atoms with van der Waals surface area (Å²) in [6.07, 6.45) is 1.71. The number of anilines is 2. The molecule has 0 saturated carbocycles. The van der Waals surface area contributed by atoms with Crippen LogP contribution in [0.1, 0.15) is 0 Å². The summed E-state index contributed by atoms with van der Waals surface area (Å²) < 4.78 is 5.43. The fourth-order valence-corrected chi connectivity index (χ4v) is 2.77. The molecule has 0 spiro atoms. The molecule has 0 unspecified atom stereocenters. The number of pyridine rings is 1. The van der Waals surface area contributed by atoms with E-state index in [9.17, 15) is 0 Å². The van der Waals surface area contributed by atoms with Crippen LogP contribution in [0.3, 0.4) is 0 Å². The normalized spacial score (nSPS) is 15.4. The van der Waals surface area contributed by atoms with Crippen molar-refractivity contribution in [1.29, 1.82) is 0 Å². The van der Waals surface area contributed by atoms with E-state index in [2.05, 4.69) is 14.9 Å². The van der Waals surface area contributed by atoms with Crippen LogP contribution in [0, 0.1) is 0 Å². The minimum Gasteiger partial charge on any atom is -0.399 e. The van der Waals surface area contributed by atoms with E-state index in [-0.39, 0.29) is 0 Å². The van der Waals surface area contributed by atoms with Gasteiger partial charge in [-0.25, -0.2) is 9.97 Å². The number of aromatic amines is 1. The largest absolute Gasteiger partial charge is 0.399 e. The molecule has 0 bridgehead atoms. The Morgan fingerprint density at radius 1 is 1.18 bits per heavy atom.